The van der Waals surface area contributed by atoms with E-state index in [9.17, 15) is 14.7 Å². The maximum absolute atomic E-state index is 15.9. The molecule has 0 amide bonds. The van der Waals surface area contributed by atoms with Crippen molar-refractivity contribution in [2.24, 2.45) is 0 Å². The molecule has 0 saturated carbocycles. The summed E-state index contributed by atoms with van der Waals surface area (Å²) in [5, 5.41) is 11.1. The van der Waals surface area contributed by atoms with Crippen LogP contribution in [0, 0.1) is 0 Å². The van der Waals surface area contributed by atoms with Crippen LogP contribution in [0.3, 0.4) is 0 Å². The molecule has 7 aromatic rings. The number of ether oxygens (including phenoxy) is 11. The van der Waals surface area contributed by atoms with E-state index in [1.165, 1.54) is 6.92 Å². The van der Waals surface area contributed by atoms with Crippen LogP contribution in [-0.4, -0.2) is 117 Å². The number of esters is 1. The topological polar surface area (TPSA) is 201 Å². The fraction of sp³-hybridized carbons (Fsp3) is 0.421. The van der Waals surface area contributed by atoms with Crippen LogP contribution in [0.25, 0.3) is 0 Å². The van der Waals surface area contributed by atoms with Crippen LogP contribution in [0.4, 0.5) is 0 Å². The molecule has 0 radical (unpaired) electrons. The normalized spacial score (nSPS) is 20.5. The maximum Gasteiger partial charge on any atom is 0.475 e. The van der Waals surface area contributed by atoms with Gasteiger partial charge in [0.15, 0.2) is 12.6 Å². The summed E-state index contributed by atoms with van der Waals surface area (Å²) in [6.45, 7) is 5.19. The molecule has 13 atom stereocenters. The van der Waals surface area contributed by atoms with E-state index in [4.69, 9.17) is 65.7 Å². The van der Waals surface area contributed by atoms with Crippen LogP contribution in [0.2, 0.25) is 0 Å². The lowest BCUT2D eigenvalue weighted by Crippen LogP contribution is -2.47. The second kappa shape index (κ2) is 39.5. The van der Waals surface area contributed by atoms with Crippen LogP contribution in [0.15, 0.2) is 212 Å². The summed E-state index contributed by atoms with van der Waals surface area (Å²) in [6.07, 6.45) is -8.38. The largest absolute Gasteiger partial charge is 0.475 e. The highest BCUT2D eigenvalue weighted by atomic mass is 31.2. The van der Waals surface area contributed by atoms with Gasteiger partial charge < -0.3 is 62.0 Å². The Bertz CT molecular complexity index is 3290. The highest BCUT2D eigenvalue weighted by Gasteiger charge is 2.45. The number of rotatable bonds is 43. The van der Waals surface area contributed by atoms with Crippen molar-refractivity contribution < 1.29 is 84.9 Å². The average Bonchev–Trinajstić information content (AvgIpc) is 1.92. The second-order valence-electron chi connectivity index (χ2n) is 23.6. The number of hydrogen-bond donors (Lipinski definition) is 1. The van der Waals surface area contributed by atoms with E-state index >= 15 is 4.57 Å². The average molecular weight is 1320 g/mol. The van der Waals surface area contributed by atoms with Gasteiger partial charge in [0.05, 0.1) is 91.3 Å². The number of carbonyl (C=O) groups is 2. The minimum Gasteiger partial charge on any atom is -0.459 e. The van der Waals surface area contributed by atoms with Gasteiger partial charge in [-0.1, -0.05) is 226 Å². The smallest absolute Gasteiger partial charge is 0.459 e. The number of aliphatic hydroxyl groups is 1. The van der Waals surface area contributed by atoms with Crippen molar-refractivity contribution in [1.82, 2.24) is 0 Å². The number of benzene rings is 7. The van der Waals surface area contributed by atoms with Gasteiger partial charge in [0, 0.05) is 19.3 Å². The molecule has 1 N–H and O–H groups in total. The lowest BCUT2D eigenvalue weighted by atomic mass is 10.1. The van der Waals surface area contributed by atoms with Crippen LogP contribution >= 0.6 is 7.82 Å². The van der Waals surface area contributed by atoms with Crippen molar-refractivity contribution in [2.45, 2.75) is 179 Å². The van der Waals surface area contributed by atoms with Crippen LogP contribution in [-0.2, 0) is 126 Å². The fourth-order valence-corrected chi connectivity index (χ4v) is 12.5. The third kappa shape index (κ3) is 24.4. The van der Waals surface area contributed by atoms with Gasteiger partial charge in [-0.2, -0.15) is 0 Å². The number of phosphoric ester groups is 1. The molecule has 2 aliphatic rings. The highest BCUT2D eigenvalue weighted by Crippen LogP contribution is 2.54. The van der Waals surface area contributed by atoms with Gasteiger partial charge in [0.25, 0.3) is 0 Å². The summed E-state index contributed by atoms with van der Waals surface area (Å²) in [5.41, 5.74) is 6.06. The quantitative estimate of drug-likeness (QED) is 0.0279. The van der Waals surface area contributed by atoms with E-state index in [-0.39, 0.29) is 97.5 Å². The molecule has 0 spiro atoms. The SMILES string of the molecule is CC[C@H]1O[C@@H](OCC(OCc2ccccc2)C(OCc2ccccc2)C(COP(=O)(OCc2ccccc2)O[C@@H]2C[C@H](OCC(OCc3ccccc3)C(OCc3ccccc3)C(CO)OCc3ccccc3)O[C@@H]2CC)OCc2ccccc2)C[C@H]1OC(=O)CCC(C)=O. The number of phosphoric acid groups is 1. The minimum atomic E-state index is -4.64. The van der Waals surface area contributed by atoms with E-state index in [2.05, 4.69) is 0 Å². The minimum absolute atomic E-state index is 0.0349. The summed E-state index contributed by atoms with van der Waals surface area (Å²) in [4.78, 5) is 24.7. The Morgan fingerprint density at radius 1 is 0.432 bits per heavy atom. The number of hydrogen-bond acceptors (Lipinski definition) is 18. The number of Topliss-reactive ketones (excluding diaryl/α,β-unsaturated/α-hetero) is 1. The molecule has 18 nitrogen and oxygen atoms in total. The van der Waals surface area contributed by atoms with E-state index in [0.29, 0.717) is 12.8 Å². The Morgan fingerprint density at radius 3 is 1.13 bits per heavy atom. The molecule has 7 unspecified atom stereocenters. The summed E-state index contributed by atoms with van der Waals surface area (Å²) in [6, 6.07) is 67.5. The Morgan fingerprint density at radius 2 is 0.758 bits per heavy atom. The monoisotopic (exact) mass is 1320 g/mol. The predicted molar refractivity (Wildman–Crippen MR) is 356 cm³/mol. The van der Waals surface area contributed by atoms with Crippen molar-refractivity contribution in [3.8, 4) is 0 Å². The molecule has 9 rings (SSSR count). The summed E-state index contributed by atoms with van der Waals surface area (Å²) in [5.74, 6) is -0.593. The molecule has 7 aromatic carbocycles. The molecule has 2 fully saturated rings. The first-order chi connectivity index (χ1) is 46.5. The van der Waals surface area contributed by atoms with Gasteiger partial charge in [-0.3, -0.25) is 18.4 Å². The van der Waals surface area contributed by atoms with Crippen LogP contribution in [0.1, 0.15) is 98.2 Å². The lowest BCUT2D eigenvalue weighted by Gasteiger charge is -2.34. The van der Waals surface area contributed by atoms with E-state index in [0.717, 1.165) is 38.9 Å². The van der Waals surface area contributed by atoms with Gasteiger partial charge >= 0.3 is 13.8 Å². The molecule has 0 aliphatic carbocycles. The maximum atomic E-state index is 15.9. The van der Waals surface area contributed by atoms with Crippen molar-refractivity contribution in [2.75, 3.05) is 26.4 Å². The molecule has 2 aliphatic heterocycles. The molecule has 95 heavy (non-hydrogen) atoms. The zero-order valence-corrected chi connectivity index (χ0v) is 55.4. The van der Waals surface area contributed by atoms with E-state index in [1.807, 2.05) is 226 Å². The zero-order valence-electron chi connectivity index (χ0n) is 54.5. The van der Waals surface area contributed by atoms with Crippen LogP contribution < -0.4 is 0 Å². The third-order valence-electron chi connectivity index (χ3n) is 16.3. The second-order valence-corrected chi connectivity index (χ2v) is 25.2. The Kier molecular flexibility index (Phi) is 30.2. The molecule has 2 saturated heterocycles. The Balaban J connectivity index is 0.985. The van der Waals surface area contributed by atoms with Gasteiger partial charge in [0.1, 0.15) is 54.6 Å². The molecule has 508 valence electrons. The molecule has 0 bridgehead atoms. The first kappa shape index (κ1) is 72.6. The molecule has 2 heterocycles. The number of aliphatic hydroxyl groups excluding tert-OH is 1. The van der Waals surface area contributed by atoms with Crippen molar-refractivity contribution in [3.05, 3.63) is 251 Å². The predicted octanol–water partition coefficient (Wildman–Crippen LogP) is 13.6. The van der Waals surface area contributed by atoms with Gasteiger partial charge in [-0.25, -0.2) is 4.57 Å². The third-order valence-corrected chi connectivity index (χ3v) is 17.8. The van der Waals surface area contributed by atoms with Gasteiger partial charge in [0.2, 0.25) is 0 Å². The molecular formula is C76H91O18P. The molecule has 19 heteroatoms. The first-order valence-corrected chi connectivity index (χ1v) is 34.4. The summed E-state index contributed by atoms with van der Waals surface area (Å²) >= 11 is 0. The number of carbonyl (C=O) groups excluding carboxylic acids is 2. The Hall–Kier alpha value is -6.65. The molecule has 0 aromatic heterocycles. The summed E-state index contributed by atoms with van der Waals surface area (Å²) in [7, 11) is -4.64. The van der Waals surface area contributed by atoms with E-state index in [1.54, 1.807) is 0 Å². The fourth-order valence-electron chi connectivity index (χ4n) is 11.1. The van der Waals surface area contributed by atoms with E-state index < -0.39 is 94.0 Å². The first-order valence-electron chi connectivity index (χ1n) is 32.9. The summed E-state index contributed by atoms with van der Waals surface area (Å²) < 4.78 is 108. The van der Waals surface area contributed by atoms with Crippen molar-refractivity contribution >= 4 is 19.6 Å². The van der Waals surface area contributed by atoms with Crippen LogP contribution in [0.5, 0.6) is 0 Å². The van der Waals surface area contributed by atoms with Gasteiger partial charge in [-0.05, 0) is 58.7 Å². The molecular weight excluding hydrogens is 1230 g/mol. The highest BCUT2D eigenvalue weighted by molar-refractivity contribution is 7.48. The van der Waals surface area contributed by atoms with Crippen molar-refractivity contribution in [3.63, 3.8) is 0 Å². The van der Waals surface area contributed by atoms with Gasteiger partial charge in [-0.15, -0.1) is 0 Å². The van der Waals surface area contributed by atoms with Crippen molar-refractivity contribution in [1.29, 1.82) is 0 Å². The zero-order chi connectivity index (χ0) is 66.3. The Labute approximate surface area is 558 Å². The number of ketones is 1. The standard InChI is InChI=1S/C76H91O18P/c1-4-64-66(91-72(79)42-41-56(3)78)43-73(92-64)85-54-70(83-48-59-31-17-8-18-32-59)76(88-51-62-37-23-11-24-38-62)71(84-49-60-33-19-9-20-34-60)55-90-95(80,89-52-63-39-25-12-26-40-63)94-67-44-74(93-65(67)5-2)86-53-69(82-47-58-29-15-7-16-30-58)75(87-50-61-35-21-10-22-36-61)68(45-77)81-46-57-27-13-6-14-28-57/h6-40,64-71,73-77H,4-5,41-55H2,1-3H3/t64-,65-,66-,67-,68?,69?,70?,71?,73-,74-,75?,76?,95?/m1/s1. The lowest BCUT2D eigenvalue weighted by molar-refractivity contribution is -0.203.